The van der Waals surface area contributed by atoms with Gasteiger partial charge in [0.05, 0.1) is 11.1 Å². The maximum absolute atomic E-state index is 12.7. The summed E-state index contributed by atoms with van der Waals surface area (Å²) in [7, 11) is 0. The molecule has 0 fully saturated rings. The third-order valence-electron chi connectivity index (χ3n) is 3.64. The molecule has 2 aromatic carbocycles. The highest BCUT2D eigenvalue weighted by atomic mass is 32.1. The molecular formula is C19H12N2O3S. The number of hydrogen-bond donors (Lipinski definition) is 1. The molecule has 0 spiro atoms. The first-order valence-corrected chi connectivity index (χ1v) is 8.38. The van der Waals surface area contributed by atoms with E-state index in [4.69, 9.17) is 4.42 Å². The van der Waals surface area contributed by atoms with Gasteiger partial charge in [0.1, 0.15) is 11.1 Å². The van der Waals surface area contributed by atoms with Gasteiger partial charge in [-0.15, -0.1) is 0 Å². The van der Waals surface area contributed by atoms with Gasteiger partial charge in [0.25, 0.3) is 0 Å². The van der Waals surface area contributed by atoms with E-state index in [1.807, 2.05) is 36.4 Å². The molecule has 0 amide bonds. The second-order valence-electron chi connectivity index (χ2n) is 5.34. The van der Waals surface area contributed by atoms with Crippen molar-refractivity contribution in [3.8, 4) is 0 Å². The minimum absolute atomic E-state index is 0.00797. The second-order valence-corrected chi connectivity index (χ2v) is 6.37. The predicted octanol–water partition coefficient (Wildman–Crippen LogP) is 4.22. The van der Waals surface area contributed by atoms with Crippen LogP contribution in [-0.2, 0) is 0 Å². The SMILES string of the molecule is O=C(c1cnc(Nc2ccccc2)s1)c1cc2ccccc2oc1=O. The Balaban J connectivity index is 1.65. The molecule has 6 heteroatoms. The van der Waals surface area contributed by atoms with E-state index in [1.165, 1.54) is 17.5 Å². The smallest absolute Gasteiger partial charge is 0.347 e. The minimum Gasteiger partial charge on any atom is -0.422 e. The predicted molar refractivity (Wildman–Crippen MR) is 97.8 cm³/mol. The summed E-state index contributed by atoms with van der Waals surface area (Å²) in [5.41, 5.74) is 0.698. The van der Waals surface area contributed by atoms with Crippen LogP contribution in [0.15, 0.2) is 76.1 Å². The molecule has 4 rings (SSSR count). The number of nitrogens with zero attached hydrogens (tertiary/aromatic N) is 1. The van der Waals surface area contributed by atoms with Gasteiger partial charge < -0.3 is 9.73 Å². The first-order chi connectivity index (χ1) is 12.2. The van der Waals surface area contributed by atoms with Crippen LogP contribution in [0.2, 0.25) is 0 Å². The summed E-state index contributed by atoms with van der Waals surface area (Å²) < 4.78 is 5.23. The maximum atomic E-state index is 12.7. The summed E-state index contributed by atoms with van der Waals surface area (Å²) in [5, 5.41) is 4.42. The maximum Gasteiger partial charge on any atom is 0.347 e. The monoisotopic (exact) mass is 348 g/mol. The fourth-order valence-electron chi connectivity index (χ4n) is 2.43. The zero-order chi connectivity index (χ0) is 17.2. The van der Waals surface area contributed by atoms with E-state index in [0.717, 1.165) is 5.69 Å². The zero-order valence-electron chi connectivity index (χ0n) is 12.9. The largest absolute Gasteiger partial charge is 0.422 e. The number of carbonyl (C=O) groups is 1. The number of hydrogen-bond acceptors (Lipinski definition) is 6. The number of benzene rings is 2. The standard InChI is InChI=1S/C19H12N2O3S/c22-17(14-10-12-6-4-5-9-15(12)24-18(14)23)16-11-20-19(25-16)21-13-7-2-1-3-8-13/h1-11H,(H,20,21). The van der Waals surface area contributed by atoms with Crippen molar-refractivity contribution in [1.82, 2.24) is 4.98 Å². The van der Waals surface area contributed by atoms with Gasteiger partial charge in [-0.25, -0.2) is 9.78 Å². The van der Waals surface area contributed by atoms with Crippen molar-refractivity contribution in [2.45, 2.75) is 0 Å². The van der Waals surface area contributed by atoms with Crippen LogP contribution in [0.25, 0.3) is 11.0 Å². The van der Waals surface area contributed by atoms with Gasteiger partial charge in [0.15, 0.2) is 5.13 Å². The average molecular weight is 348 g/mol. The highest BCUT2D eigenvalue weighted by molar-refractivity contribution is 7.17. The number of anilines is 2. The van der Waals surface area contributed by atoms with E-state index in [1.54, 1.807) is 24.3 Å². The molecule has 5 nitrogen and oxygen atoms in total. The Labute approximate surface area is 146 Å². The van der Waals surface area contributed by atoms with E-state index < -0.39 is 11.4 Å². The Bertz CT molecular complexity index is 1120. The number of rotatable bonds is 4. The fourth-order valence-corrected chi connectivity index (χ4v) is 3.23. The molecule has 1 N–H and O–H groups in total. The van der Waals surface area contributed by atoms with Gasteiger partial charge in [-0.3, -0.25) is 4.79 Å². The number of ketones is 1. The number of thiazole rings is 1. The van der Waals surface area contributed by atoms with Gasteiger partial charge in [0.2, 0.25) is 5.78 Å². The molecule has 0 bridgehead atoms. The second kappa shape index (κ2) is 6.33. The normalized spacial score (nSPS) is 10.7. The molecule has 0 aliphatic heterocycles. The number of fused-ring (bicyclic) bond motifs is 1. The lowest BCUT2D eigenvalue weighted by Gasteiger charge is -2.01. The molecule has 0 aliphatic rings. The van der Waals surface area contributed by atoms with Crippen LogP contribution in [0.3, 0.4) is 0 Å². The Morgan fingerprint density at radius 2 is 1.80 bits per heavy atom. The van der Waals surface area contributed by atoms with Crippen LogP contribution in [-0.4, -0.2) is 10.8 Å². The Hall–Kier alpha value is -3.25. The van der Waals surface area contributed by atoms with Crippen molar-refractivity contribution < 1.29 is 9.21 Å². The van der Waals surface area contributed by atoms with Crippen LogP contribution >= 0.6 is 11.3 Å². The average Bonchev–Trinajstić information content (AvgIpc) is 3.10. The molecule has 0 saturated carbocycles. The summed E-state index contributed by atoms with van der Waals surface area (Å²) in [5.74, 6) is -0.391. The van der Waals surface area contributed by atoms with Crippen molar-refractivity contribution >= 4 is 38.9 Å². The number of carbonyl (C=O) groups excluding carboxylic acids is 1. The molecule has 4 aromatic rings. The van der Waals surface area contributed by atoms with Crippen LogP contribution in [0.5, 0.6) is 0 Å². The summed E-state index contributed by atoms with van der Waals surface area (Å²) in [6, 6.07) is 18.2. The number of aromatic nitrogens is 1. The molecule has 0 saturated heterocycles. The summed E-state index contributed by atoms with van der Waals surface area (Å²) in [6.07, 6.45) is 1.47. The molecule has 2 aromatic heterocycles. The van der Waals surface area contributed by atoms with Crippen molar-refractivity contribution in [1.29, 1.82) is 0 Å². The van der Waals surface area contributed by atoms with Crippen LogP contribution < -0.4 is 10.9 Å². The lowest BCUT2D eigenvalue weighted by Crippen LogP contribution is -2.13. The van der Waals surface area contributed by atoms with Gasteiger partial charge in [-0.05, 0) is 24.3 Å². The van der Waals surface area contributed by atoms with Gasteiger partial charge in [0, 0.05) is 11.1 Å². The van der Waals surface area contributed by atoms with Gasteiger partial charge >= 0.3 is 5.63 Å². The molecular weight excluding hydrogens is 336 g/mol. The molecule has 0 atom stereocenters. The van der Waals surface area contributed by atoms with Crippen LogP contribution in [0.1, 0.15) is 15.2 Å². The summed E-state index contributed by atoms with van der Waals surface area (Å²) in [4.78, 5) is 29.4. The highest BCUT2D eigenvalue weighted by Crippen LogP contribution is 2.24. The van der Waals surface area contributed by atoms with Crippen molar-refractivity contribution in [3.63, 3.8) is 0 Å². The lowest BCUT2D eigenvalue weighted by molar-refractivity contribution is 0.103. The van der Waals surface area contributed by atoms with Crippen LogP contribution in [0, 0.1) is 0 Å². The van der Waals surface area contributed by atoms with Crippen molar-refractivity contribution in [3.05, 3.63) is 87.7 Å². The third-order valence-corrected chi connectivity index (χ3v) is 4.55. The first-order valence-electron chi connectivity index (χ1n) is 7.56. The first kappa shape index (κ1) is 15.3. The Morgan fingerprint density at radius 3 is 2.64 bits per heavy atom. The van der Waals surface area contributed by atoms with Gasteiger partial charge in [-0.1, -0.05) is 47.7 Å². The Morgan fingerprint density at radius 1 is 1.04 bits per heavy atom. The molecule has 25 heavy (non-hydrogen) atoms. The van der Waals surface area contributed by atoms with E-state index in [-0.39, 0.29) is 5.56 Å². The lowest BCUT2D eigenvalue weighted by atomic mass is 10.1. The minimum atomic E-state index is -0.644. The zero-order valence-corrected chi connectivity index (χ0v) is 13.7. The van der Waals surface area contributed by atoms with Crippen molar-refractivity contribution in [2.75, 3.05) is 5.32 Å². The molecule has 2 heterocycles. The fraction of sp³-hybridized carbons (Fsp3) is 0. The Kier molecular flexibility index (Phi) is 3.87. The molecule has 122 valence electrons. The topological polar surface area (TPSA) is 72.2 Å². The summed E-state index contributed by atoms with van der Waals surface area (Å²) >= 11 is 1.19. The number of nitrogens with one attached hydrogen (secondary N) is 1. The molecule has 0 unspecified atom stereocenters. The molecule has 0 aliphatic carbocycles. The quantitative estimate of drug-likeness (QED) is 0.441. The van der Waals surface area contributed by atoms with E-state index in [9.17, 15) is 9.59 Å². The molecule has 0 radical (unpaired) electrons. The number of para-hydroxylation sites is 2. The summed E-state index contributed by atoms with van der Waals surface area (Å²) in [6.45, 7) is 0. The highest BCUT2D eigenvalue weighted by Gasteiger charge is 2.18. The van der Waals surface area contributed by atoms with Crippen molar-refractivity contribution in [2.24, 2.45) is 0 Å². The van der Waals surface area contributed by atoms with E-state index in [2.05, 4.69) is 10.3 Å². The van der Waals surface area contributed by atoms with Crippen LogP contribution in [0.4, 0.5) is 10.8 Å². The van der Waals surface area contributed by atoms with E-state index >= 15 is 0 Å². The van der Waals surface area contributed by atoms with E-state index in [0.29, 0.717) is 21.0 Å². The third kappa shape index (κ3) is 3.07. The van der Waals surface area contributed by atoms with Gasteiger partial charge in [-0.2, -0.15) is 0 Å².